The third kappa shape index (κ3) is 2.59. The van der Waals surface area contributed by atoms with E-state index in [1.54, 1.807) is 23.0 Å². The number of halogens is 1. The Bertz CT molecular complexity index is 508. The maximum atomic E-state index is 5.86. The van der Waals surface area contributed by atoms with E-state index in [1.807, 2.05) is 13.2 Å². The molecular weight excluding hydrogens is 258 g/mol. The van der Waals surface area contributed by atoms with Crippen LogP contribution in [0.25, 0.3) is 5.82 Å². The lowest BCUT2D eigenvalue weighted by Crippen LogP contribution is -2.14. The van der Waals surface area contributed by atoms with E-state index in [-0.39, 0.29) is 6.04 Å². The van der Waals surface area contributed by atoms with Crippen LogP contribution >= 0.6 is 23.4 Å². The summed E-state index contributed by atoms with van der Waals surface area (Å²) in [6.07, 6.45) is 3.49. The third-order valence-corrected chi connectivity index (χ3v) is 2.89. The highest BCUT2D eigenvalue weighted by atomic mass is 35.5. The largest absolute Gasteiger partial charge is 0.322 e. The molecule has 2 heterocycles. The van der Waals surface area contributed by atoms with Gasteiger partial charge >= 0.3 is 0 Å². The topological polar surface area (TPSA) is 69.6 Å². The maximum Gasteiger partial charge on any atom is 0.208 e. The highest BCUT2D eigenvalue weighted by Gasteiger charge is 2.15. The molecule has 0 saturated heterocycles. The first-order valence-electron chi connectivity index (χ1n) is 5.00. The molecule has 5 nitrogen and oxygen atoms in total. The fourth-order valence-electron chi connectivity index (χ4n) is 1.35. The van der Waals surface area contributed by atoms with Gasteiger partial charge in [-0.3, -0.25) is 0 Å². The number of nitrogens with two attached hydrogens (primary N) is 1. The number of thioether (sulfide) groups is 1. The van der Waals surface area contributed by atoms with Crippen LogP contribution in [-0.4, -0.2) is 26.0 Å². The minimum Gasteiger partial charge on any atom is -0.322 e. The fourth-order valence-corrected chi connectivity index (χ4v) is 1.81. The lowest BCUT2D eigenvalue weighted by molar-refractivity contribution is 0.680. The second kappa shape index (κ2) is 5.03. The predicted octanol–water partition coefficient (Wildman–Crippen LogP) is 2.06. The van der Waals surface area contributed by atoms with Crippen molar-refractivity contribution >= 4 is 23.4 Å². The second-order valence-corrected chi connectivity index (χ2v) is 4.70. The Morgan fingerprint density at radius 2 is 2.24 bits per heavy atom. The Balaban J connectivity index is 2.49. The number of rotatable bonds is 3. The van der Waals surface area contributed by atoms with Gasteiger partial charge < -0.3 is 5.73 Å². The van der Waals surface area contributed by atoms with E-state index in [9.17, 15) is 0 Å². The molecule has 1 atom stereocenters. The van der Waals surface area contributed by atoms with Crippen LogP contribution in [0.2, 0.25) is 5.02 Å². The second-order valence-electron chi connectivity index (χ2n) is 3.49. The summed E-state index contributed by atoms with van der Waals surface area (Å²) >= 11 is 7.26. The molecule has 0 amide bonds. The van der Waals surface area contributed by atoms with E-state index in [2.05, 4.69) is 15.1 Å². The molecule has 90 valence electrons. The zero-order chi connectivity index (χ0) is 12.4. The summed E-state index contributed by atoms with van der Waals surface area (Å²) in [5.41, 5.74) is 5.86. The molecule has 0 aliphatic heterocycles. The normalized spacial score (nSPS) is 12.7. The first-order chi connectivity index (χ1) is 8.11. The van der Waals surface area contributed by atoms with Crippen molar-refractivity contribution in [3.05, 3.63) is 29.2 Å². The maximum absolute atomic E-state index is 5.86. The molecule has 0 spiro atoms. The Morgan fingerprint density at radius 3 is 2.76 bits per heavy atom. The summed E-state index contributed by atoms with van der Waals surface area (Å²) in [5, 5.41) is 5.59. The van der Waals surface area contributed by atoms with Crippen LogP contribution in [0.1, 0.15) is 18.8 Å². The van der Waals surface area contributed by atoms with Gasteiger partial charge in [-0.2, -0.15) is 4.68 Å². The minimum absolute atomic E-state index is 0.208. The highest BCUT2D eigenvalue weighted by molar-refractivity contribution is 7.98. The summed E-state index contributed by atoms with van der Waals surface area (Å²) in [6.45, 7) is 1.86. The number of hydrogen-bond donors (Lipinski definition) is 1. The van der Waals surface area contributed by atoms with Gasteiger partial charge in [-0.25, -0.2) is 9.97 Å². The zero-order valence-electron chi connectivity index (χ0n) is 9.46. The summed E-state index contributed by atoms with van der Waals surface area (Å²) < 4.78 is 1.65. The number of nitrogens with zero attached hydrogens (tertiary/aromatic N) is 4. The fraction of sp³-hybridized carbons (Fsp3) is 0.300. The first kappa shape index (κ1) is 12.3. The summed E-state index contributed by atoms with van der Waals surface area (Å²) in [7, 11) is 0. The van der Waals surface area contributed by atoms with E-state index < -0.39 is 0 Å². The summed E-state index contributed by atoms with van der Waals surface area (Å²) in [6, 6.07) is 3.34. The molecule has 0 aliphatic carbocycles. The molecule has 2 N–H and O–H groups in total. The average molecular weight is 270 g/mol. The van der Waals surface area contributed by atoms with Crippen molar-refractivity contribution in [3.63, 3.8) is 0 Å². The van der Waals surface area contributed by atoms with Gasteiger partial charge in [0.1, 0.15) is 0 Å². The number of aromatic nitrogens is 4. The predicted molar refractivity (Wildman–Crippen MR) is 68.5 cm³/mol. The number of hydrogen-bond acceptors (Lipinski definition) is 5. The van der Waals surface area contributed by atoms with Gasteiger partial charge in [-0.15, -0.1) is 5.10 Å². The Hall–Kier alpha value is -1.11. The summed E-state index contributed by atoms with van der Waals surface area (Å²) in [4.78, 5) is 8.55. The van der Waals surface area contributed by atoms with Crippen molar-refractivity contribution in [1.29, 1.82) is 0 Å². The number of pyridine rings is 1. The summed E-state index contributed by atoms with van der Waals surface area (Å²) in [5.74, 6) is 1.35. The Labute approximate surface area is 108 Å². The molecule has 2 aromatic rings. The van der Waals surface area contributed by atoms with E-state index in [1.165, 1.54) is 11.8 Å². The van der Waals surface area contributed by atoms with Crippen LogP contribution < -0.4 is 5.73 Å². The molecule has 2 rings (SSSR count). The molecule has 0 aliphatic rings. The van der Waals surface area contributed by atoms with Crippen LogP contribution in [0.3, 0.4) is 0 Å². The molecule has 0 saturated carbocycles. The van der Waals surface area contributed by atoms with E-state index in [0.717, 1.165) is 0 Å². The van der Waals surface area contributed by atoms with Crippen LogP contribution in [-0.2, 0) is 0 Å². The molecule has 2 aromatic heterocycles. The molecule has 17 heavy (non-hydrogen) atoms. The zero-order valence-corrected chi connectivity index (χ0v) is 11.0. The molecule has 7 heteroatoms. The van der Waals surface area contributed by atoms with Crippen LogP contribution in [0.4, 0.5) is 0 Å². The van der Waals surface area contributed by atoms with Gasteiger partial charge in [0, 0.05) is 6.20 Å². The molecule has 0 aromatic carbocycles. The van der Waals surface area contributed by atoms with Crippen molar-refractivity contribution < 1.29 is 0 Å². The van der Waals surface area contributed by atoms with E-state index in [0.29, 0.717) is 21.8 Å². The van der Waals surface area contributed by atoms with Crippen LogP contribution in [0.5, 0.6) is 0 Å². The molecular formula is C10H12ClN5S. The van der Waals surface area contributed by atoms with Gasteiger partial charge in [0.2, 0.25) is 5.16 Å². The highest BCUT2D eigenvalue weighted by Crippen LogP contribution is 2.18. The third-order valence-electron chi connectivity index (χ3n) is 2.13. The lowest BCUT2D eigenvalue weighted by atomic mass is 10.3. The van der Waals surface area contributed by atoms with Gasteiger partial charge in [0.05, 0.1) is 11.1 Å². The van der Waals surface area contributed by atoms with Crippen molar-refractivity contribution in [3.8, 4) is 5.82 Å². The molecule has 1 unspecified atom stereocenters. The Morgan fingerprint density at radius 1 is 1.47 bits per heavy atom. The monoisotopic (exact) mass is 269 g/mol. The van der Waals surface area contributed by atoms with Gasteiger partial charge in [0.25, 0.3) is 0 Å². The van der Waals surface area contributed by atoms with Crippen LogP contribution in [0, 0.1) is 0 Å². The van der Waals surface area contributed by atoms with Gasteiger partial charge in [-0.1, -0.05) is 23.4 Å². The first-order valence-corrected chi connectivity index (χ1v) is 6.60. The lowest BCUT2D eigenvalue weighted by Gasteiger charge is -2.06. The van der Waals surface area contributed by atoms with E-state index >= 15 is 0 Å². The van der Waals surface area contributed by atoms with E-state index in [4.69, 9.17) is 17.3 Å². The van der Waals surface area contributed by atoms with Crippen molar-refractivity contribution in [1.82, 2.24) is 19.7 Å². The van der Waals surface area contributed by atoms with Crippen molar-refractivity contribution in [2.75, 3.05) is 6.26 Å². The average Bonchev–Trinajstić information content (AvgIpc) is 2.74. The molecule has 0 fully saturated rings. The van der Waals surface area contributed by atoms with Crippen molar-refractivity contribution in [2.24, 2.45) is 5.73 Å². The quantitative estimate of drug-likeness (QED) is 0.864. The van der Waals surface area contributed by atoms with Gasteiger partial charge in [-0.05, 0) is 25.3 Å². The van der Waals surface area contributed by atoms with Crippen LogP contribution in [0.15, 0.2) is 23.5 Å². The Kier molecular flexibility index (Phi) is 3.66. The van der Waals surface area contributed by atoms with Crippen molar-refractivity contribution in [2.45, 2.75) is 18.1 Å². The van der Waals surface area contributed by atoms with Gasteiger partial charge in [0.15, 0.2) is 11.6 Å². The molecule has 0 radical (unpaired) electrons. The standard InChI is InChI=1S/C10H12ClN5S/c1-6(12)9-14-10(17-2)15-16(9)8-4-3-7(11)5-13-8/h3-6H,12H2,1-2H3. The SMILES string of the molecule is CSc1nc(C(C)N)n(-c2ccc(Cl)cn2)n1. The smallest absolute Gasteiger partial charge is 0.208 e. The minimum atomic E-state index is -0.208. The molecule has 0 bridgehead atoms.